The molecule has 3 rings (SSSR count). The summed E-state index contributed by atoms with van der Waals surface area (Å²) in [5.41, 5.74) is 2.91. The van der Waals surface area contributed by atoms with Gasteiger partial charge in [-0.2, -0.15) is 0 Å². The van der Waals surface area contributed by atoms with Crippen molar-refractivity contribution in [1.82, 2.24) is 4.90 Å². The highest BCUT2D eigenvalue weighted by atomic mass is 16.5. The minimum absolute atomic E-state index is 0.783. The molecule has 0 amide bonds. The summed E-state index contributed by atoms with van der Waals surface area (Å²) in [5.74, 6) is 1.92. The van der Waals surface area contributed by atoms with Crippen LogP contribution in [0.5, 0.6) is 5.75 Å². The van der Waals surface area contributed by atoms with Gasteiger partial charge in [-0.3, -0.25) is 0 Å². The summed E-state index contributed by atoms with van der Waals surface area (Å²) < 4.78 is 6.17. The van der Waals surface area contributed by atoms with Gasteiger partial charge < -0.3 is 9.64 Å². The van der Waals surface area contributed by atoms with Crippen LogP contribution in [0.4, 0.5) is 0 Å². The van der Waals surface area contributed by atoms with Gasteiger partial charge in [-0.05, 0) is 43.9 Å². The maximum atomic E-state index is 6.17. The number of nitrogens with zero attached hydrogens (tertiary/aromatic N) is 1. The third-order valence-electron chi connectivity index (χ3n) is 4.62. The van der Waals surface area contributed by atoms with Gasteiger partial charge in [0.1, 0.15) is 5.75 Å². The first kappa shape index (κ1) is 13.0. The van der Waals surface area contributed by atoms with Crippen molar-refractivity contribution in [3.63, 3.8) is 0 Å². The Kier molecular flexibility index (Phi) is 4.07. The minimum Gasteiger partial charge on any atom is -0.493 e. The van der Waals surface area contributed by atoms with Crippen LogP contribution in [-0.2, 0) is 13.0 Å². The molecule has 2 heteroatoms. The Balaban J connectivity index is 1.67. The normalized spacial score (nSPS) is 21.1. The Hall–Kier alpha value is -1.02. The van der Waals surface area contributed by atoms with Crippen molar-refractivity contribution < 1.29 is 4.74 Å². The van der Waals surface area contributed by atoms with Crippen LogP contribution in [-0.4, -0.2) is 25.1 Å². The Morgan fingerprint density at radius 3 is 2.89 bits per heavy atom. The lowest BCUT2D eigenvalue weighted by Gasteiger charge is -2.28. The zero-order valence-electron chi connectivity index (χ0n) is 12.0. The van der Waals surface area contributed by atoms with Crippen molar-refractivity contribution in [2.75, 3.05) is 20.2 Å². The van der Waals surface area contributed by atoms with Gasteiger partial charge in [0.25, 0.3) is 0 Å². The molecule has 0 radical (unpaired) electrons. The molecule has 1 saturated carbocycles. The van der Waals surface area contributed by atoms with Crippen molar-refractivity contribution in [3.8, 4) is 5.75 Å². The fourth-order valence-electron chi connectivity index (χ4n) is 3.38. The molecule has 0 saturated heterocycles. The van der Waals surface area contributed by atoms with Crippen molar-refractivity contribution in [2.24, 2.45) is 5.92 Å². The number of rotatable bonds is 3. The van der Waals surface area contributed by atoms with Gasteiger partial charge in [0.05, 0.1) is 6.61 Å². The summed E-state index contributed by atoms with van der Waals surface area (Å²) in [7, 11) is 2.20. The third-order valence-corrected chi connectivity index (χ3v) is 4.62. The van der Waals surface area contributed by atoms with Gasteiger partial charge in [-0.15, -0.1) is 0 Å². The smallest absolute Gasteiger partial charge is 0.124 e. The van der Waals surface area contributed by atoms with Crippen molar-refractivity contribution in [3.05, 3.63) is 29.3 Å². The van der Waals surface area contributed by atoms with Gasteiger partial charge >= 0.3 is 0 Å². The van der Waals surface area contributed by atoms with E-state index in [2.05, 4.69) is 30.1 Å². The number of hydrogen-bond donors (Lipinski definition) is 0. The number of fused-ring (bicyclic) bond motifs is 1. The van der Waals surface area contributed by atoms with Crippen LogP contribution in [0.1, 0.15) is 43.2 Å². The lowest BCUT2D eigenvalue weighted by molar-refractivity contribution is 0.203. The topological polar surface area (TPSA) is 12.5 Å². The molecule has 0 N–H and O–H groups in total. The molecule has 1 heterocycles. The highest BCUT2D eigenvalue weighted by Crippen LogP contribution is 2.29. The van der Waals surface area contributed by atoms with E-state index in [1.165, 1.54) is 49.8 Å². The summed E-state index contributed by atoms with van der Waals surface area (Å²) in [6.45, 7) is 3.12. The van der Waals surface area contributed by atoms with E-state index in [1.54, 1.807) is 0 Å². The number of likely N-dealkylation sites (N-methyl/N-ethyl adjacent to an activating group) is 1. The molecular formula is C17H25NO. The molecule has 1 aromatic carbocycles. The van der Waals surface area contributed by atoms with Crippen LogP contribution in [0.25, 0.3) is 0 Å². The molecule has 2 aliphatic rings. The van der Waals surface area contributed by atoms with Crippen LogP contribution < -0.4 is 4.74 Å². The molecule has 2 nitrogen and oxygen atoms in total. The van der Waals surface area contributed by atoms with Crippen molar-refractivity contribution in [2.45, 2.75) is 45.1 Å². The predicted octanol–water partition coefficient (Wildman–Crippen LogP) is 3.63. The summed E-state index contributed by atoms with van der Waals surface area (Å²) in [5, 5.41) is 0. The first-order valence-electron chi connectivity index (χ1n) is 7.75. The van der Waals surface area contributed by atoms with Gasteiger partial charge in [-0.25, -0.2) is 0 Å². The van der Waals surface area contributed by atoms with Crippen LogP contribution >= 0.6 is 0 Å². The highest BCUT2D eigenvalue weighted by molar-refractivity contribution is 5.41. The monoisotopic (exact) mass is 259 g/mol. The molecule has 1 aliphatic heterocycles. The average Bonchev–Trinajstić information content (AvgIpc) is 2.46. The fourth-order valence-corrected chi connectivity index (χ4v) is 3.38. The first-order chi connectivity index (χ1) is 9.33. The van der Waals surface area contributed by atoms with Gasteiger partial charge in [-0.1, -0.05) is 31.4 Å². The van der Waals surface area contributed by atoms with E-state index in [0.29, 0.717) is 0 Å². The van der Waals surface area contributed by atoms with Crippen LogP contribution in [0.2, 0.25) is 0 Å². The Labute approximate surface area is 116 Å². The van der Waals surface area contributed by atoms with E-state index in [1.807, 2.05) is 0 Å². The molecule has 0 bridgehead atoms. The molecule has 0 unspecified atom stereocenters. The van der Waals surface area contributed by atoms with Crippen LogP contribution in [0, 0.1) is 5.92 Å². The molecule has 19 heavy (non-hydrogen) atoms. The van der Waals surface area contributed by atoms with E-state index in [-0.39, 0.29) is 0 Å². The molecule has 1 aliphatic carbocycles. The molecule has 1 aromatic rings. The average molecular weight is 259 g/mol. The Morgan fingerprint density at radius 2 is 2.05 bits per heavy atom. The van der Waals surface area contributed by atoms with E-state index in [9.17, 15) is 0 Å². The summed E-state index contributed by atoms with van der Waals surface area (Å²) in [6, 6.07) is 6.57. The van der Waals surface area contributed by atoms with E-state index in [0.717, 1.165) is 31.2 Å². The molecule has 0 aromatic heterocycles. The second-order valence-electron chi connectivity index (χ2n) is 6.20. The summed E-state index contributed by atoms with van der Waals surface area (Å²) in [4.78, 5) is 2.38. The quantitative estimate of drug-likeness (QED) is 0.822. The first-order valence-corrected chi connectivity index (χ1v) is 7.75. The lowest BCUT2D eigenvalue weighted by Crippen LogP contribution is -2.27. The maximum absolute atomic E-state index is 6.17. The van der Waals surface area contributed by atoms with Crippen molar-refractivity contribution >= 4 is 0 Å². The number of benzene rings is 1. The van der Waals surface area contributed by atoms with E-state index >= 15 is 0 Å². The van der Waals surface area contributed by atoms with Crippen LogP contribution in [0.3, 0.4) is 0 Å². The SMILES string of the molecule is CN1CCc2cccc(OCC3CCCCC3)c2C1. The van der Waals surface area contributed by atoms with Crippen LogP contribution in [0.15, 0.2) is 18.2 Å². The third kappa shape index (κ3) is 3.11. The van der Waals surface area contributed by atoms with Gasteiger partial charge in [0, 0.05) is 18.7 Å². The molecule has 1 fully saturated rings. The standard InChI is InChI=1S/C17H25NO/c1-18-11-10-15-8-5-9-17(16(15)12-18)19-13-14-6-3-2-4-7-14/h5,8-9,14H,2-4,6-7,10-13H2,1H3. The second-order valence-corrected chi connectivity index (χ2v) is 6.20. The van der Waals surface area contributed by atoms with E-state index < -0.39 is 0 Å². The zero-order chi connectivity index (χ0) is 13.1. The maximum Gasteiger partial charge on any atom is 0.124 e. The Bertz CT molecular complexity index is 423. The van der Waals surface area contributed by atoms with Gasteiger partial charge in [0.15, 0.2) is 0 Å². The molecular weight excluding hydrogens is 234 g/mol. The van der Waals surface area contributed by atoms with E-state index in [4.69, 9.17) is 4.74 Å². The predicted molar refractivity (Wildman–Crippen MR) is 78.6 cm³/mol. The van der Waals surface area contributed by atoms with Gasteiger partial charge in [0.2, 0.25) is 0 Å². The summed E-state index contributed by atoms with van der Waals surface area (Å²) >= 11 is 0. The number of hydrogen-bond acceptors (Lipinski definition) is 2. The number of ether oxygens (including phenoxy) is 1. The Morgan fingerprint density at radius 1 is 1.21 bits per heavy atom. The fraction of sp³-hybridized carbons (Fsp3) is 0.647. The minimum atomic E-state index is 0.783. The molecule has 104 valence electrons. The summed E-state index contributed by atoms with van der Waals surface area (Å²) in [6.07, 6.45) is 8.08. The zero-order valence-corrected chi connectivity index (χ0v) is 12.0. The molecule has 0 spiro atoms. The van der Waals surface area contributed by atoms with Crippen molar-refractivity contribution in [1.29, 1.82) is 0 Å². The second kappa shape index (κ2) is 5.96. The lowest BCUT2D eigenvalue weighted by atomic mass is 9.90. The molecule has 0 atom stereocenters. The highest BCUT2D eigenvalue weighted by Gasteiger charge is 2.19. The largest absolute Gasteiger partial charge is 0.493 e.